The fourth-order valence-corrected chi connectivity index (χ4v) is 0.888. The Bertz CT molecular complexity index is 286. The van der Waals surface area contributed by atoms with Crippen molar-refractivity contribution in [3.8, 4) is 0 Å². The molecule has 1 nitrogen and oxygen atoms in total. The first-order valence-corrected chi connectivity index (χ1v) is 3.40. The van der Waals surface area contributed by atoms with Crippen molar-refractivity contribution in [1.82, 2.24) is 0 Å². The van der Waals surface area contributed by atoms with Crippen molar-refractivity contribution in [2.24, 2.45) is 0 Å². The lowest BCUT2D eigenvalue weighted by molar-refractivity contribution is 0.441. The molecule has 0 atom stereocenters. The summed E-state index contributed by atoms with van der Waals surface area (Å²) in [6, 6.07) is 2.22. The molecule has 0 aliphatic carbocycles. The van der Waals surface area contributed by atoms with Gasteiger partial charge in [0.2, 0.25) is 0 Å². The van der Waals surface area contributed by atoms with Gasteiger partial charge in [-0.05, 0) is 6.07 Å². The summed E-state index contributed by atoms with van der Waals surface area (Å²) in [7, 11) is 1.55. The van der Waals surface area contributed by atoms with Gasteiger partial charge in [0.15, 0.2) is 11.6 Å². The maximum absolute atomic E-state index is 12.7. The predicted molar refractivity (Wildman–Crippen MR) is 40.7 cm³/mol. The summed E-state index contributed by atoms with van der Waals surface area (Å²) in [6.07, 6.45) is 0. The minimum absolute atomic E-state index is 0.264. The summed E-state index contributed by atoms with van der Waals surface area (Å²) in [6.45, 7) is -1.00. The van der Waals surface area contributed by atoms with E-state index in [0.717, 1.165) is 6.07 Å². The number of hydrogen-bond acceptors (Lipinski definition) is 1. The molecule has 0 unspecified atom stereocenters. The van der Waals surface area contributed by atoms with E-state index < -0.39 is 18.3 Å². The van der Waals surface area contributed by atoms with Gasteiger partial charge in [0.1, 0.15) is 6.67 Å². The average molecular weight is 175 g/mol. The molecule has 0 amide bonds. The summed E-state index contributed by atoms with van der Waals surface area (Å²) in [5.41, 5.74) is 0.0981. The van der Waals surface area contributed by atoms with E-state index in [0.29, 0.717) is 5.69 Å². The van der Waals surface area contributed by atoms with Gasteiger partial charge in [0.05, 0.1) is 0 Å². The Balaban J connectivity index is 3.19. The predicted octanol–water partition coefficient (Wildman–Crippen LogP) is 2.48. The summed E-state index contributed by atoms with van der Waals surface area (Å²) >= 11 is 0. The average Bonchev–Trinajstić information content (AvgIpc) is 2.09. The number of halogens is 3. The topological polar surface area (TPSA) is 12.0 Å². The van der Waals surface area contributed by atoms with E-state index in [1.807, 2.05) is 0 Å². The molecule has 12 heavy (non-hydrogen) atoms. The van der Waals surface area contributed by atoms with E-state index >= 15 is 0 Å². The van der Waals surface area contributed by atoms with Crippen molar-refractivity contribution >= 4 is 5.69 Å². The van der Waals surface area contributed by atoms with Crippen LogP contribution in [0.2, 0.25) is 0 Å². The van der Waals surface area contributed by atoms with Crippen LogP contribution in [0.5, 0.6) is 0 Å². The first kappa shape index (κ1) is 8.90. The number of nitrogens with one attached hydrogen (secondary N) is 1. The lowest BCUT2D eigenvalue weighted by Crippen LogP contribution is -1.96. The van der Waals surface area contributed by atoms with Gasteiger partial charge in [-0.25, -0.2) is 13.2 Å². The van der Waals surface area contributed by atoms with E-state index in [1.54, 1.807) is 7.05 Å². The first-order chi connectivity index (χ1) is 5.69. The smallest absolute Gasteiger partial charge is 0.164 e. The second-order valence-corrected chi connectivity index (χ2v) is 2.31. The third-order valence-electron chi connectivity index (χ3n) is 1.54. The summed E-state index contributed by atoms with van der Waals surface area (Å²) in [4.78, 5) is 0. The zero-order chi connectivity index (χ0) is 9.14. The Morgan fingerprint density at radius 1 is 1.33 bits per heavy atom. The summed E-state index contributed by atoms with van der Waals surface area (Å²) < 4.78 is 37.4. The molecule has 0 aliphatic heterocycles. The third kappa shape index (κ3) is 1.52. The van der Waals surface area contributed by atoms with E-state index in [-0.39, 0.29) is 5.56 Å². The number of anilines is 1. The molecule has 0 heterocycles. The van der Waals surface area contributed by atoms with Crippen molar-refractivity contribution in [2.45, 2.75) is 6.67 Å². The maximum Gasteiger partial charge on any atom is 0.164 e. The summed E-state index contributed by atoms with van der Waals surface area (Å²) in [5, 5.41) is 2.60. The highest BCUT2D eigenvalue weighted by atomic mass is 19.2. The highest BCUT2D eigenvalue weighted by Gasteiger charge is 2.09. The Morgan fingerprint density at radius 3 is 2.50 bits per heavy atom. The van der Waals surface area contributed by atoms with Crippen molar-refractivity contribution < 1.29 is 13.2 Å². The molecule has 1 aromatic carbocycles. The quantitative estimate of drug-likeness (QED) is 0.728. The molecule has 1 aromatic rings. The summed E-state index contributed by atoms with van der Waals surface area (Å²) in [5.74, 6) is -2.15. The second kappa shape index (κ2) is 3.47. The molecule has 0 aliphatic rings. The Labute approximate surface area is 68.2 Å². The molecule has 1 rings (SSSR count). The minimum Gasteiger partial charge on any atom is -0.388 e. The van der Waals surface area contributed by atoms with Crippen LogP contribution in [0.1, 0.15) is 5.56 Å². The van der Waals surface area contributed by atoms with Gasteiger partial charge in [0.25, 0.3) is 0 Å². The standard InChI is InChI=1S/C8H8F3N/c1-12-6-2-5(4-9)8(11)7(10)3-6/h2-3,12H,4H2,1H3. The maximum atomic E-state index is 12.7. The molecule has 0 spiro atoms. The van der Waals surface area contributed by atoms with Crippen LogP contribution in [-0.2, 0) is 6.67 Å². The van der Waals surface area contributed by atoms with Crippen LogP contribution >= 0.6 is 0 Å². The van der Waals surface area contributed by atoms with Crippen LogP contribution in [0.3, 0.4) is 0 Å². The molecular weight excluding hydrogens is 167 g/mol. The molecule has 66 valence electrons. The second-order valence-electron chi connectivity index (χ2n) is 2.31. The van der Waals surface area contributed by atoms with Crippen molar-refractivity contribution in [2.75, 3.05) is 12.4 Å². The van der Waals surface area contributed by atoms with Crippen LogP contribution in [0.25, 0.3) is 0 Å². The highest BCUT2D eigenvalue weighted by Crippen LogP contribution is 2.18. The number of hydrogen-bond donors (Lipinski definition) is 1. The van der Waals surface area contributed by atoms with Gasteiger partial charge < -0.3 is 5.32 Å². The zero-order valence-corrected chi connectivity index (χ0v) is 6.50. The van der Waals surface area contributed by atoms with Gasteiger partial charge in [-0.15, -0.1) is 0 Å². The minimum atomic E-state index is -1.11. The largest absolute Gasteiger partial charge is 0.388 e. The van der Waals surface area contributed by atoms with Gasteiger partial charge in [-0.2, -0.15) is 0 Å². The van der Waals surface area contributed by atoms with Crippen molar-refractivity contribution in [1.29, 1.82) is 0 Å². The molecule has 0 aromatic heterocycles. The SMILES string of the molecule is CNc1cc(F)c(F)c(CF)c1. The monoisotopic (exact) mass is 175 g/mol. The van der Waals surface area contributed by atoms with Gasteiger partial charge in [0, 0.05) is 24.4 Å². The van der Waals surface area contributed by atoms with Crippen LogP contribution in [0.15, 0.2) is 12.1 Å². The lowest BCUT2D eigenvalue weighted by atomic mass is 10.2. The zero-order valence-electron chi connectivity index (χ0n) is 6.50. The van der Waals surface area contributed by atoms with Crippen LogP contribution in [0, 0.1) is 11.6 Å². The van der Waals surface area contributed by atoms with E-state index in [4.69, 9.17) is 0 Å². The van der Waals surface area contributed by atoms with Crippen LogP contribution < -0.4 is 5.32 Å². The third-order valence-corrected chi connectivity index (χ3v) is 1.54. The molecule has 0 saturated heterocycles. The molecule has 1 N–H and O–H groups in total. The molecular formula is C8H8F3N. The van der Waals surface area contributed by atoms with E-state index in [1.165, 1.54) is 6.07 Å². The Kier molecular flexibility index (Phi) is 2.58. The normalized spacial score (nSPS) is 10.0. The van der Waals surface area contributed by atoms with Crippen LogP contribution in [0.4, 0.5) is 18.9 Å². The van der Waals surface area contributed by atoms with Crippen LogP contribution in [-0.4, -0.2) is 7.05 Å². The molecule has 0 radical (unpaired) electrons. The van der Waals surface area contributed by atoms with Gasteiger partial charge >= 0.3 is 0 Å². The lowest BCUT2D eigenvalue weighted by Gasteiger charge is -2.03. The van der Waals surface area contributed by atoms with E-state index in [9.17, 15) is 13.2 Å². The fraction of sp³-hybridized carbons (Fsp3) is 0.250. The number of alkyl halides is 1. The molecule has 0 bridgehead atoms. The van der Waals surface area contributed by atoms with Gasteiger partial charge in [-0.3, -0.25) is 0 Å². The molecule has 0 fully saturated rings. The number of rotatable bonds is 2. The van der Waals surface area contributed by atoms with E-state index in [2.05, 4.69) is 5.32 Å². The number of benzene rings is 1. The Morgan fingerprint density at radius 2 is 2.00 bits per heavy atom. The Hall–Kier alpha value is -1.19. The van der Waals surface area contributed by atoms with Crippen molar-refractivity contribution in [3.05, 3.63) is 29.3 Å². The molecule has 4 heteroatoms. The van der Waals surface area contributed by atoms with Crippen molar-refractivity contribution in [3.63, 3.8) is 0 Å². The molecule has 0 saturated carbocycles. The fourth-order valence-electron chi connectivity index (χ4n) is 0.888. The van der Waals surface area contributed by atoms with Gasteiger partial charge in [-0.1, -0.05) is 0 Å². The first-order valence-electron chi connectivity index (χ1n) is 3.40. The highest BCUT2D eigenvalue weighted by molar-refractivity contribution is 5.46.